The first kappa shape index (κ1) is 12.5. The Morgan fingerprint density at radius 2 is 2.00 bits per heavy atom. The zero-order valence-corrected chi connectivity index (χ0v) is 9.80. The fraction of sp³-hybridized carbons (Fsp3) is 0.417. The van der Waals surface area contributed by atoms with Crippen LogP contribution in [0.5, 0.6) is 0 Å². The minimum absolute atomic E-state index is 0.187. The Bertz CT molecular complexity index is 377. The molecule has 0 radical (unpaired) electrons. The standard InChI is InChI=1S/C12H17FN2O/c1-4-12(2,3)15-11(16)14-10-8-6-5-7-9(10)13/h5-8H,4H2,1-3H3,(H2,14,15,16). The number of benzene rings is 1. The van der Waals surface area contributed by atoms with Crippen molar-refractivity contribution in [2.75, 3.05) is 5.32 Å². The van der Waals surface area contributed by atoms with E-state index in [1.54, 1.807) is 12.1 Å². The first-order valence-corrected chi connectivity index (χ1v) is 5.28. The van der Waals surface area contributed by atoms with Crippen molar-refractivity contribution in [3.63, 3.8) is 0 Å². The molecule has 3 nitrogen and oxygen atoms in total. The monoisotopic (exact) mass is 224 g/mol. The molecule has 16 heavy (non-hydrogen) atoms. The molecular weight excluding hydrogens is 207 g/mol. The number of rotatable bonds is 3. The fourth-order valence-corrected chi connectivity index (χ4v) is 1.11. The van der Waals surface area contributed by atoms with Gasteiger partial charge in [0.2, 0.25) is 0 Å². The lowest BCUT2D eigenvalue weighted by atomic mass is 10.0. The Kier molecular flexibility index (Phi) is 3.88. The molecule has 0 aliphatic heterocycles. The Labute approximate surface area is 95.0 Å². The molecule has 0 aromatic heterocycles. The number of amides is 2. The van der Waals surface area contributed by atoms with Gasteiger partial charge in [0.15, 0.2) is 0 Å². The van der Waals surface area contributed by atoms with Crippen molar-refractivity contribution < 1.29 is 9.18 Å². The Hall–Kier alpha value is -1.58. The molecule has 0 bridgehead atoms. The summed E-state index contributed by atoms with van der Waals surface area (Å²) in [5.41, 5.74) is -0.109. The van der Waals surface area contributed by atoms with Crippen LogP contribution >= 0.6 is 0 Å². The quantitative estimate of drug-likeness (QED) is 0.813. The number of urea groups is 1. The topological polar surface area (TPSA) is 41.1 Å². The van der Waals surface area contributed by atoms with Crippen molar-refractivity contribution >= 4 is 11.7 Å². The number of hydrogen-bond acceptors (Lipinski definition) is 1. The largest absolute Gasteiger partial charge is 0.333 e. The number of nitrogens with one attached hydrogen (secondary N) is 2. The van der Waals surface area contributed by atoms with Gasteiger partial charge in [0.1, 0.15) is 5.82 Å². The number of carbonyl (C=O) groups is 1. The molecule has 2 N–H and O–H groups in total. The van der Waals surface area contributed by atoms with Crippen molar-refractivity contribution in [2.24, 2.45) is 0 Å². The normalized spacial score (nSPS) is 11.0. The highest BCUT2D eigenvalue weighted by molar-refractivity contribution is 5.89. The van der Waals surface area contributed by atoms with Crippen LogP contribution in [0.25, 0.3) is 0 Å². The third kappa shape index (κ3) is 3.53. The van der Waals surface area contributed by atoms with Crippen molar-refractivity contribution in [1.29, 1.82) is 0 Å². The van der Waals surface area contributed by atoms with E-state index >= 15 is 0 Å². The maximum atomic E-state index is 13.2. The van der Waals surface area contributed by atoms with Crippen LogP contribution in [-0.2, 0) is 0 Å². The zero-order chi connectivity index (χ0) is 12.2. The lowest BCUT2D eigenvalue weighted by molar-refractivity contribution is 0.240. The summed E-state index contributed by atoms with van der Waals surface area (Å²) >= 11 is 0. The van der Waals surface area contributed by atoms with E-state index in [1.165, 1.54) is 12.1 Å². The lowest BCUT2D eigenvalue weighted by Gasteiger charge is -2.24. The van der Waals surface area contributed by atoms with Crippen molar-refractivity contribution in [3.05, 3.63) is 30.1 Å². The van der Waals surface area contributed by atoms with Crippen LogP contribution in [0.4, 0.5) is 14.9 Å². The van der Waals surface area contributed by atoms with Crippen LogP contribution in [0.15, 0.2) is 24.3 Å². The molecule has 0 heterocycles. The van der Waals surface area contributed by atoms with Gasteiger partial charge in [-0.05, 0) is 32.4 Å². The van der Waals surface area contributed by atoms with Gasteiger partial charge < -0.3 is 10.6 Å². The summed E-state index contributed by atoms with van der Waals surface area (Å²) in [4.78, 5) is 11.6. The third-order valence-electron chi connectivity index (χ3n) is 2.46. The van der Waals surface area contributed by atoms with Crippen LogP contribution in [0.2, 0.25) is 0 Å². The van der Waals surface area contributed by atoms with E-state index in [1.807, 2.05) is 20.8 Å². The van der Waals surface area contributed by atoms with Crippen molar-refractivity contribution in [3.8, 4) is 0 Å². The number of hydrogen-bond donors (Lipinski definition) is 2. The van der Waals surface area contributed by atoms with E-state index in [0.717, 1.165) is 6.42 Å². The SMILES string of the molecule is CCC(C)(C)NC(=O)Nc1ccccc1F. The molecule has 0 aliphatic rings. The average Bonchev–Trinajstić information content (AvgIpc) is 2.21. The molecule has 0 saturated heterocycles. The first-order chi connectivity index (χ1) is 7.44. The van der Waals surface area contributed by atoms with Crippen LogP contribution in [0.3, 0.4) is 0 Å². The van der Waals surface area contributed by atoms with E-state index in [2.05, 4.69) is 10.6 Å². The van der Waals surface area contributed by atoms with E-state index in [4.69, 9.17) is 0 Å². The molecule has 1 rings (SSSR count). The Morgan fingerprint density at radius 3 is 2.56 bits per heavy atom. The molecule has 1 aromatic rings. The van der Waals surface area contributed by atoms with Gasteiger partial charge in [-0.25, -0.2) is 9.18 Å². The molecule has 0 fully saturated rings. The molecule has 2 amide bonds. The molecule has 0 saturated carbocycles. The van der Waals surface area contributed by atoms with Gasteiger partial charge >= 0.3 is 6.03 Å². The van der Waals surface area contributed by atoms with Gasteiger partial charge in [0.05, 0.1) is 5.69 Å². The molecule has 0 atom stereocenters. The Balaban J connectivity index is 2.62. The molecule has 0 spiro atoms. The predicted octanol–water partition coefficient (Wildman–Crippen LogP) is 3.14. The van der Waals surface area contributed by atoms with E-state index in [-0.39, 0.29) is 11.2 Å². The lowest BCUT2D eigenvalue weighted by Crippen LogP contribution is -2.45. The highest BCUT2D eigenvalue weighted by Crippen LogP contribution is 2.13. The van der Waals surface area contributed by atoms with Crippen LogP contribution in [-0.4, -0.2) is 11.6 Å². The number of carbonyl (C=O) groups excluding carboxylic acids is 1. The molecule has 4 heteroatoms. The van der Waals surface area contributed by atoms with Gasteiger partial charge in [-0.2, -0.15) is 0 Å². The number of para-hydroxylation sites is 1. The Morgan fingerprint density at radius 1 is 1.38 bits per heavy atom. The van der Waals surface area contributed by atoms with Gasteiger partial charge in [0.25, 0.3) is 0 Å². The molecule has 88 valence electrons. The van der Waals surface area contributed by atoms with Gasteiger partial charge in [0, 0.05) is 5.54 Å². The summed E-state index contributed by atoms with van der Waals surface area (Å²) in [5, 5.41) is 5.24. The fourth-order valence-electron chi connectivity index (χ4n) is 1.11. The first-order valence-electron chi connectivity index (χ1n) is 5.28. The second-order valence-electron chi connectivity index (χ2n) is 4.30. The second-order valence-corrected chi connectivity index (χ2v) is 4.30. The van der Waals surface area contributed by atoms with Crippen LogP contribution in [0, 0.1) is 5.82 Å². The number of halogens is 1. The average molecular weight is 224 g/mol. The smallest absolute Gasteiger partial charge is 0.319 e. The van der Waals surface area contributed by atoms with E-state index in [9.17, 15) is 9.18 Å². The van der Waals surface area contributed by atoms with Crippen molar-refractivity contribution in [1.82, 2.24) is 5.32 Å². The van der Waals surface area contributed by atoms with E-state index < -0.39 is 11.8 Å². The predicted molar refractivity (Wildman–Crippen MR) is 62.9 cm³/mol. The highest BCUT2D eigenvalue weighted by Gasteiger charge is 2.18. The summed E-state index contributed by atoms with van der Waals surface area (Å²) in [5.74, 6) is -0.438. The summed E-state index contributed by atoms with van der Waals surface area (Å²) < 4.78 is 13.2. The second kappa shape index (κ2) is 4.96. The summed E-state index contributed by atoms with van der Waals surface area (Å²) in [6.07, 6.45) is 0.803. The van der Waals surface area contributed by atoms with Gasteiger partial charge in [-0.3, -0.25) is 0 Å². The summed E-state index contributed by atoms with van der Waals surface area (Å²) in [7, 11) is 0. The zero-order valence-electron chi connectivity index (χ0n) is 9.80. The van der Waals surface area contributed by atoms with E-state index in [0.29, 0.717) is 0 Å². The summed E-state index contributed by atoms with van der Waals surface area (Å²) in [6.45, 7) is 5.80. The minimum Gasteiger partial charge on any atom is -0.333 e. The maximum Gasteiger partial charge on any atom is 0.319 e. The van der Waals surface area contributed by atoms with Crippen LogP contribution in [0.1, 0.15) is 27.2 Å². The number of anilines is 1. The molecular formula is C12H17FN2O. The maximum absolute atomic E-state index is 13.2. The molecule has 1 aromatic carbocycles. The van der Waals surface area contributed by atoms with Crippen molar-refractivity contribution in [2.45, 2.75) is 32.7 Å². The van der Waals surface area contributed by atoms with Gasteiger partial charge in [-0.15, -0.1) is 0 Å². The minimum atomic E-state index is -0.438. The summed E-state index contributed by atoms with van der Waals surface area (Å²) in [6, 6.07) is 5.68. The third-order valence-corrected chi connectivity index (χ3v) is 2.46. The molecule has 0 aliphatic carbocycles. The van der Waals surface area contributed by atoms with Gasteiger partial charge in [-0.1, -0.05) is 19.1 Å². The highest BCUT2D eigenvalue weighted by atomic mass is 19.1. The molecule has 0 unspecified atom stereocenters. The van der Waals surface area contributed by atoms with Crippen LogP contribution < -0.4 is 10.6 Å².